The summed E-state index contributed by atoms with van der Waals surface area (Å²) in [7, 11) is 0. The Morgan fingerprint density at radius 1 is 0.478 bits per heavy atom. The van der Waals surface area contributed by atoms with Crippen molar-refractivity contribution in [3.8, 4) is 0 Å². The maximum absolute atomic E-state index is 13.3. The first-order valence-electron chi connectivity index (χ1n) is 27.6. The van der Waals surface area contributed by atoms with Crippen molar-refractivity contribution in [3.63, 3.8) is 0 Å². The van der Waals surface area contributed by atoms with Gasteiger partial charge < -0.3 is 74.6 Å². The van der Waals surface area contributed by atoms with Gasteiger partial charge >= 0.3 is 0 Å². The van der Waals surface area contributed by atoms with E-state index in [-0.39, 0.29) is 19.1 Å². The quantitative estimate of drug-likeness (QED) is 0.0363. The summed E-state index contributed by atoms with van der Waals surface area (Å²) in [6, 6.07) is 0. The van der Waals surface area contributed by atoms with Crippen LogP contribution in [0.15, 0.2) is 0 Å². The minimum atomic E-state index is -1.74. The number of amides is 1. The molecule has 0 bridgehead atoms. The fourth-order valence-corrected chi connectivity index (χ4v) is 9.60. The van der Waals surface area contributed by atoms with E-state index < -0.39 is 98.7 Å². The molecule has 3 heterocycles. The number of rotatable bonds is 39. The first-order chi connectivity index (χ1) is 33.3. The minimum Gasteiger partial charge on any atom is -0.394 e. The summed E-state index contributed by atoms with van der Waals surface area (Å²) in [5.74, 6) is -0.0775. The van der Waals surface area contributed by atoms with Crippen LogP contribution in [0.4, 0.5) is 0 Å². The van der Waals surface area contributed by atoms with Gasteiger partial charge in [0.2, 0.25) is 5.91 Å². The third kappa shape index (κ3) is 23.3. The highest BCUT2D eigenvalue weighted by atomic mass is 16.8. The summed E-state index contributed by atoms with van der Waals surface area (Å²) in [4.78, 5) is 15.3. The van der Waals surface area contributed by atoms with Crippen molar-refractivity contribution >= 4 is 5.91 Å². The molecule has 0 spiro atoms. The SMILES string of the molecule is CCCCCCCCCCCCCCCCCCNC(=O)CN(CCCCCCCCCCCC)CCO[C@@H]1O[C@H](CO)[C@@H](O[C@@H]2O[C@@H](C)[C@H](O)[C@@H](O)[C@H]2O)[C@H](O)[C@H]1O[C@@H]1O[C@@H](C)[C@H](O)[C@@H](O)[C@H]1O. The highest BCUT2D eigenvalue weighted by molar-refractivity contribution is 5.77. The van der Waals surface area contributed by atoms with Gasteiger partial charge in [0.05, 0.1) is 32.0 Å². The molecule has 408 valence electrons. The maximum atomic E-state index is 13.3. The zero-order valence-corrected chi connectivity index (χ0v) is 43.2. The van der Waals surface area contributed by atoms with Gasteiger partial charge in [0.25, 0.3) is 0 Å². The van der Waals surface area contributed by atoms with Gasteiger partial charge in [-0.1, -0.05) is 168 Å². The zero-order valence-electron chi connectivity index (χ0n) is 43.2. The molecule has 9 N–H and O–H groups in total. The second-order valence-electron chi connectivity index (χ2n) is 20.3. The second kappa shape index (κ2) is 36.7. The van der Waals surface area contributed by atoms with Crippen LogP contribution < -0.4 is 5.32 Å². The van der Waals surface area contributed by atoms with Crippen molar-refractivity contribution < 1.29 is 74.1 Å². The Morgan fingerprint density at radius 2 is 0.884 bits per heavy atom. The van der Waals surface area contributed by atoms with Crippen molar-refractivity contribution in [1.82, 2.24) is 10.2 Å². The van der Waals surface area contributed by atoms with Crippen LogP contribution >= 0.6 is 0 Å². The molecule has 3 saturated heterocycles. The summed E-state index contributed by atoms with van der Waals surface area (Å²) in [5.41, 5.74) is 0. The molecular weight excluding hydrogens is 893 g/mol. The molecule has 3 aliphatic rings. The lowest BCUT2D eigenvalue weighted by Gasteiger charge is -2.48. The van der Waals surface area contributed by atoms with Gasteiger partial charge in [0.15, 0.2) is 18.9 Å². The molecule has 1 amide bonds. The van der Waals surface area contributed by atoms with Crippen LogP contribution in [0.3, 0.4) is 0 Å². The summed E-state index contributed by atoms with van der Waals surface area (Å²) in [6.45, 7) is 8.48. The van der Waals surface area contributed by atoms with Gasteiger partial charge in [-0.05, 0) is 33.2 Å². The smallest absolute Gasteiger partial charge is 0.234 e. The molecule has 0 radical (unpaired) electrons. The van der Waals surface area contributed by atoms with E-state index in [1.165, 1.54) is 149 Å². The molecule has 0 saturated carbocycles. The number of nitrogens with one attached hydrogen (secondary N) is 1. The monoisotopic (exact) mass is 993 g/mol. The van der Waals surface area contributed by atoms with Gasteiger partial charge in [-0.15, -0.1) is 0 Å². The van der Waals surface area contributed by atoms with Crippen LogP contribution in [0, 0.1) is 0 Å². The number of unbranched alkanes of at least 4 members (excludes halogenated alkanes) is 24. The molecule has 0 unspecified atom stereocenters. The van der Waals surface area contributed by atoms with Crippen molar-refractivity contribution in [2.45, 2.75) is 287 Å². The van der Waals surface area contributed by atoms with Crippen LogP contribution in [0.25, 0.3) is 0 Å². The van der Waals surface area contributed by atoms with Gasteiger partial charge in [-0.2, -0.15) is 0 Å². The Morgan fingerprint density at radius 3 is 1.32 bits per heavy atom. The van der Waals surface area contributed by atoms with Gasteiger partial charge in [0.1, 0.15) is 61.0 Å². The topological polar surface area (TPSA) is 250 Å². The average molecular weight is 993 g/mol. The molecule has 0 aromatic carbocycles. The van der Waals surface area contributed by atoms with Crippen molar-refractivity contribution in [1.29, 1.82) is 0 Å². The summed E-state index contributed by atoms with van der Waals surface area (Å²) in [6.07, 6.45) is 10.3. The van der Waals surface area contributed by atoms with Gasteiger partial charge in [0, 0.05) is 13.1 Å². The standard InChI is InChI=1S/C52H100N2O15/c1-5-7-9-11-13-15-17-18-19-20-21-22-23-25-27-29-31-53-40(56)35-54(32-30-28-26-24-16-14-12-10-8-6-2)33-34-64-52-49(69-51-46(62)44(60)42(58)38(4)66-51)47(63)48(39(36-55)67-52)68-50-45(61)43(59)41(57)37(3)65-50/h37-39,41-52,55,57-63H,5-36H2,1-4H3,(H,53,56)/t37-,38-,39+,41-,42-,43+,44+,45+,46+,47-,48+,49+,50-,51-,52+/m0/s1. The maximum Gasteiger partial charge on any atom is 0.234 e. The lowest BCUT2D eigenvalue weighted by atomic mass is 9.96. The molecule has 17 heteroatoms. The summed E-state index contributed by atoms with van der Waals surface area (Å²) >= 11 is 0. The third-order valence-electron chi connectivity index (χ3n) is 14.2. The molecule has 15 atom stereocenters. The van der Waals surface area contributed by atoms with E-state index in [1.54, 1.807) is 0 Å². The lowest BCUT2D eigenvalue weighted by molar-refractivity contribution is -0.384. The van der Waals surface area contributed by atoms with E-state index in [9.17, 15) is 45.6 Å². The Hall–Kier alpha value is -1.13. The fraction of sp³-hybridized carbons (Fsp3) is 0.981. The average Bonchev–Trinajstić information content (AvgIpc) is 3.33. The summed E-state index contributed by atoms with van der Waals surface area (Å²) < 4.78 is 35.6. The molecule has 3 fully saturated rings. The third-order valence-corrected chi connectivity index (χ3v) is 14.2. The molecule has 3 aliphatic heterocycles. The first-order valence-corrected chi connectivity index (χ1v) is 27.6. The zero-order chi connectivity index (χ0) is 50.4. The number of hydrogen-bond acceptors (Lipinski definition) is 16. The number of carbonyl (C=O) groups excluding carboxylic acids is 1. The molecule has 0 aromatic heterocycles. The molecule has 3 rings (SSSR count). The number of aliphatic hydroxyl groups is 8. The van der Waals surface area contributed by atoms with Crippen LogP contribution in [0.2, 0.25) is 0 Å². The fourth-order valence-electron chi connectivity index (χ4n) is 9.60. The number of aliphatic hydroxyl groups excluding tert-OH is 8. The van der Waals surface area contributed by atoms with Crippen LogP contribution in [-0.2, 0) is 33.2 Å². The van der Waals surface area contributed by atoms with Crippen LogP contribution in [0.5, 0.6) is 0 Å². The Balaban J connectivity index is 1.55. The highest BCUT2D eigenvalue weighted by Crippen LogP contribution is 2.33. The van der Waals surface area contributed by atoms with Crippen molar-refractivity contribution in [2.24, 2.45) is 0 Å². The van der Waals surface area contributed by atoms with Crippen molar-refractivity contribution in [2.75, 3.05) is 39.4 Å². The van der Waals surface area contributed by atoms with E-state index in [1.807, 2.05) is 4.90 Å². The minimum absolute atomic E-state index is 0.00293. The number of nitrogens with zero attached hydrogens (tertiary/aromatic N) is 1. The molecule has 69 heavy (non-hydrogen) atoms. The molecular formula is C52H100N2O15. The molecule has 0 aromatic rings. The Kier molecular flexibility index (Phi) is 33.1. The normalized spacial score (nSPS) is 31.9. The van der Waals surface area contributed by atoms with E-state index in [4.69, 9.17) is 28.4 Å². The van der Waals surface area contributed by atoms with Gasteiger partial charge in [-0.25, -0.2) is 0 Å². The van der Waals surface area contributed by atoms with Gasteiger partial charge in [-0.3, -0.25) is 9.69 Å². The lowest BCUT2D eigenvalue weighted by Crippen LogP contribution is -2.66. The Labute approximate surface area is 415 Å². The van der Waals surface area contributed by atoms with E-state index in [0.29, 0.717) is 19.6 Å². The van der Waals surface area contributed by atoms with Crippen molar-refractivity contribution in [3.05, 3.63) is 0 Å². The molecule has 0 aliphatic carbocycles. The number of ether oxygens (including phenoxy) is 6. The number of carbonyl (C=O) groups is 1. The second-order valence-corrected chi connectivity index (χ2v) is 20.3. The summed E-state index contributed by atoms with van der Waals surface area (Å²) in [5, 5.41) is 88.5. The predicted octanol–water partition coefficient (Wildman–Crippen LogP) is 5.11. The van der Waals surface area contributed by atoms with Crippen LogP contribution in [-0.4, -0.2) is 183 Å². The van der Waals surface area contributed by atoms with E-state index >= 15 is 0 Å². The molecule has 17 nitrogen and oxygen atoms in total. The predicted molar refractivity (Wildman–Crippen MR) is 263 cm³/mol. The Bertz CT molecular complexity index is 1280. The number of hydrogen-bond donors (Lipinski definition) is 9. The van der Waals surface area contributed by atoms with Crippen LogP contribution in [0.1, 0.15) is 195 Å². The van der Waals surface area contributed by atoms with E-state index in [2.05, 4.69) is 19.2 Å². The van der Waals surface area contributed by atoms with E-state index in [0.717, 1.165) is 32.1 Å². The first kappa shape index (κ1) is 62.2. The highest BCUT2D eigenvalue weighted by Gasteiger charge is 2.53. The largest absolute Gasteiger partial charge is 0.394 e.